The molecule has 1 atom stereocenters. The van der Waals surface area contributed by atoms with Crippen LogP contribution in [0.4, 0.5) is 0 Å². The van der Waals surface area contributed by atoms with Crippen molar-refractivity contribution in [3.05, 3.63) is 29.9 Å². The van der Waals surface area contributed by atoms with Gasteiger partial charge in [0.05, 0.1) is 18.1 Å². The molecule has 3 rings (SSSR count). The highest BCUT2D eigenvalue weighted by atomic mass is 32.2. The van der Waals surface area contributed by atoms with Gasteiger partial charge in [0.15, 0.2) is 5.82 Å². The lowest BCUT2D eigenvalue weighted by atomic mass is 10.0. The SMILES string of the molecule is N[C@@H](Cc1cnc[nH]1)c1nc(CSC2CCCCC2)no1. The second-order valence-corrected chi connectivity index (χ2v) is 6.80. The molecular weight excluding hydrogens is 286 g/mol. The van der Waals surface area contributed by atoms with Crippen LogP contribution < -0.4 is 5.73 Å². The second kappa shape index (κ2) is 7.09. The number of aromatic amines is 1. The van der Waals surface area contributed by atoms with Gasteiger partial charge in [0.25, 0.3) is 0 Å². The largest absolute Gasteiger partial charge is 0.348 e. The maximum Gasteiger partial charge on any atom is 0.243 e. The summed E-state index contributed by atoms with van der Waals surface area (Å²) in [5.41, 5.74) is 7.06. The van der Waals surface area contributed by atoms with E-state index in [4.69, 9.17) is 10.3 Å². The number of thioether (sulfide) groups is 1. The number of hydrogen-bond donors (Lipinski definition) is 2. The van der Waals surface area contributed by atoms with Crippen molar-refractivity contribution in [2.45, 2.75) is 55.6 Å². The average Bonchev–Trinajstić information content (AvgIpc) is 3.17. The van der Waals surface area contributed by atoms with Crippen molar-refractivity contribution < 1.29 is 4.52 Å². The van der Waals surface area contributed by atoms with Crippen molar-refractivity contribution in [2.24, 2.45) is 5.73 Å². The molecule has 114 valence electrons. The Bertz CT molecular complexity index is 535. The number of nitrogens with zero attached hydrogens (tertiary/aromatic N) is 3. The van der Waals surface area contributed by atoms with Crippen LogP contribution in [0.1, 0.15) is 55.6 Å². The maximum atomic E-state index is 6.09. The Morgan fingerprint density at radius 1 is 1.38 bits per heavy atom. The molecule has 2 aromatic heterocycles. The summed E-state index contributed by atoms with van der Waals surface area (Å²) in [7, 11) is 0. The maximum absolute atomic E-state index is 6.09. The molecule has 0 bridgehead atoms. The van der Waals surface area contributed by atoms with E-state index >= 15 is 0 Å². The number of H-pyrrole nitrogens is 1. The molecule has 1 saturated carbocycles. The van der Waals surface area contributed by atoms with Crippen LogP contribution in [0.25, 0.3) is 0 Å². The predicted octanol–water partition coefficient (Wildman–Crippen LogP) is 2.60. The summed E-state index contributed by atoms with van der Waals surface area (Å²) in [6.07, 6.45) is 10.7. The van der Waals surface area contributed by atoms with Crippen LogP contribution in [0, 0.1) is 0 Å². The Morgan fingerprint density at radius 2 is 2.24 bits per heavy atom. The summed E-state index contributed by atoms with van der Waals surface area (Å²) in [4.78, 5) is 11.4. The van der Waals surface area contributed by atoms with Crippen molar-refractivity contribution in [3.63, 3.8) is 0 Å². The van der Waals surface area contributed by atoms with Gasteiger partial charge < -0.3 is 15.2 Å². The van der Waals surface area contributed by atoms with Gasteiger partial charge >= 0.3 is 0 Å². The van der Waals surface area contributed by atoms with Gasteiger partial charge in [-0.2, -0.15) is 16.7 Å². The Labute approximate surface area is 128 Å². The Kier molecular flexibility index (Phi) is 4.92. The number of rotatable bonds is 6. The minimum absolute atomic E-state index is 0.286. The lowest BCUT2D eigenvalue weighted by molar-refractivity contribution is 0.350. The first-order chi connectivity index (χ1) is 10.3. The third-order valence-corrected chi connectivity index (χ3v) is 5.16. The van der Waals surface area contributed by atoms with E-state index in [2.05, 4.69) is 20.1 Å². The molecule has 0 amide bonds. The number of imidazole rings is 1. The summed E-state index contributed by atoms with van der Waals surface area (Å²) >= 11 is 1.94. The average molecular weight is 307 g/mol. The molecule has 1 aliphatic rings. The summed E-state index contributed by atoms with van der Waals surface area (Å²) in [6.45, 7) is 0. The molecule has 2 aromatic rings. The summed E-state index contributed by atoms with van der Waals surface area (Å²) in [5, 5.41) is 4.79. The molecular formula is C14H21N5OS. The van der Waals surface area contributed by atoms with E-state index in [0.29, 0.717) is 12.3 Å². The molecule has 0 radical (unpaired) electrons. The molecule has 21 heavy (non-hydrogen) atoms. The minimum Gasteiger partial charge on any atom is -0.348 e. The number of hydrogen-bond acceptors (Lipinski definition) is 6. The molecule has 0 aromatic carbocycles. The van der Waals surface area contributed by atoms with Gasteiger partial charge in [-0.3, -0.25) is 0 Å². The van der Waals surface area contributed by atoms with Crippen LogP contribution in [0.5, 0.6) is 0 Å². The fourth-order valence-corrected chi connectivity index (χ4v) is 3.79. The quantitative estimate of drug-likeness (QED) is 0.852. The third kappa shape index (κ3) is 4.07. The van der Waals surface area contributed by atoms with Gasteiger partial charge in [-0.25, -0.2) is 4.98 Å². The first-order valence-electron chi connectivity index (χ1n) is 7.48. The summed E-state index contributed by atoms with van der Waals surface area (Å²) in [5.74, 6) is 2.06. The summed E-state index contributed by atoms with van der Waals surface area (Å²) < 4.78 is 5.28. The smallest absolute Gasteiger partial charge is 0.243 e. The van der Waals surface area contributed by atoms with Gasteiger partial charge in [0, 0.05) is 23.6 Å². The first kappa shape index (κ1) is 14.6. The molecule has 3 N–H and O–H groups in total. The van der Waals surface area contributed by atoms with Crippen LogP contribution in [0.3, 0.4) is 0 Å². The molecule has 1 fully saturated rings. The molecule has 0 unspecified atom stereocenters. The minimum atomic E-state index is -0.286. The number of nitrogens with one attached hydrogen (secondary N) is 1. The Balaban J connectivity index is 1.50. The zero-order valence-corrected chi connectivity index (χ0v) is 12.8. The Morgan fingerprint density at radius 3 is 3.00 bits per heavy atom. The van der Waals surface area contributed by atoms with Crippen LogP contribution >= 0.6 is 11.8 Å². The molecule has 0 aliphatic heterocycles. The second-order valence-electron chi connectivity index (χ2n) is 5.51. The normalized spacial score (nSPS) is 18.0. The van der Waals surface area contributed by atoms with Crippen molar-refractivity contribution >= 4 is 11.8 Å². The highest BCUT2D eigenvalue weighted by Crippen LogP contribution is 2.30. The summed E-state index contributed by atoms with van der Waals surface area (Å²) in [6, 6.07) is -0.286. The molecule has 0 saturated heterocycles. The topological polar surface area (TPSA) is 93.6 Å². The van der Waals surface area contributed by atoms with E-state index in [0.717, 1.165) is 22.5 Å². The van der Waals surface area contributed by atoms with E-state index < -0.39 is 0 Å². The zero-order valence-electron chi connectivity index (χ0n) is 12.0. The highest BCUT2D eigenvalue weighted by Gasteiger charge is 2.18. The lowest BCUT2D eigenvalue weighted by Crippen LogP contribution is -2.14. The fourth-order valence-electron chi connectivity index (χ4n) is 2.62. The van der Waals surface area contributed by atoms with Crippen molar-refractivity contribution in [1.29, 1.82) is 0 Å². The van der Waals surface area contributed by atoms with E-state index in [9.17, 15) is 0 Å². The number of aromatic nitrogens is 4. The van der Waals surface area contributed by atoms with Crippen LogP contribution in [0.15, 0.2) is 17.0 Å². The van der Waals surface area contributed by atoms with Crippen LogP contribution in [-0.2, 0) is 12.2 Å². The van der Waals surface area contributed by atoms with E-state index in [1.165, 1.54) is 32.1 Å². The molecule has 6 nitrogen and oxygen atoms in total. The molecule has 2 heterocycles. The van der Waals surface area contributed by atoms with Gasteiger partial charge in [0.1, 0.15) is 0 Å². The Hall–Kier alpha value is -1.34. The van der Waals surface area contributed by atoms with Gasteiger partial charge in [-0.05, 0) is 12.8 Å². The van der Waals surface area contributed by atoms with E-state index in [1.807, 2.05) is 11.8 Å². The van der Waals surface area contributed by atoms with Gasteiger partial charge in [-0.15, -0.1) is 0 Å². The van der Waals surface area contributed by atoms with Crippen LogP contribution in [0.2, 0.25) is 0 Å². The van der Waals surface area contributed by atoms with Gasteiger partial charge in [-0.1, -0.05) is 24.4 Å². The fraction of sp³-hybridized carbons (Fsp3) is 0.643. The van der Waals surface area contributed by atoms with Gasteiger partial charge in [0.2, 0.25) is 5.89 Å². The van der Waals surface area contributed by atoms with Crippen LogP contribution in [-0.4, -0.2) is 25.4 Å². The molecule has 1 aliphatic carbocycles. The van der Waals surface area contributed by atoms with Crippen molar-refractivity contribution in [2.75, 3.05) is 0 Å². The van der Waals surface area contributed by atoms with Crippen molar-refractivity contribution in [1.82, 2.24) is 20.1 Å². The monoisotopic (exact) mass is 307 g/mol. The zero-order chi connectivity index (χ0) is 14.5. The third-order valence-electron chi connectivity index (χ3n) is 3.80. The highest BCUT2D eigenvalue weighted by molar-refractivity contribution is 7.99. The predicted molar refractivity (Wildman–Crippen MR) is 81.7 cm³/mol. The van der Waals surface area contributed by atoms with E-state index in [-0.39, 0.29) is 6.04 Å². The lowest BCUT2D eigenvalue weighted by Gasteiger charge is -2.19. The number of nitrogens with two attached hydrogens (primary N) is 1. The first-order valence-corrected chi connectivity index (χ1v) is 8.53. The molecule has 7 heteroatoms. The molecule has 0 spiro atoms. The van der Waals surface area contributed by atoms with Crippen molar-refractivity contribution in [3.8, 4) is 0 Å². The standard InChI is InChI=1S/C14H21N5OS/c15-12(6-10-7-16-9-17-10)14-18-13(19-20-14)8-21-11-4-2-1-3-5-11/h7,9,11-12H,1-6,8,15H2,(H,16,17)/t12-/m0/s1. The van der Waals surface area contributed by atoms with E-state index in [1.54, 1.807) is 12.5 Å².